The Bertz CT molecular complexity index is 512. The molecule has 108 valence electrons. The fourth-order valence-electron chi connectivity index (χ4n) is 3.33. The first-order valence-electron chi connectivity index (χ1n) is 7.12. The predicted octanol–water partition coefficient (Wildman–Crippen LogP) is 2.35. The fourth-order valence-corrected chi connectivity index (χ4v) is 5.52. The second kappa shape index (κ2) is 5.64. The van der Waals surface area contributed by atoms with Gasteiger partial charge in [-0.1, -0.05) is 6.42 Å². The Hall–Kier alpha value is -1.23. The Balaban J connectivity index is 1.75. The van der Waals surface area contributed by atoms with Crippen LogP contribution in [0.5, 0.6) is 5.88 Å². The molecule has 2 atom stereocenters. The molecule has 1 aromatic heterocycles. The molecule has 2 unspecified atom stereocenters. The summed E-state index contributed by atoms with van der Waals surface area (Å²) >= 11 is 0. The van der Waals surface area contributed by atoms with Gasteiger partial charge in [0.1, 0.15) is 0 Å². The summed E-state index contributed by atoms with van der Waals surface area (Å²) in [5, 5.41) is 0.449. The lowest BCUT2D eigenvalue weighted by Gasteiger charge is -2.37. The first-order valence-corrected chi connectivity index (χ1v) is 8.40. The van der Waals surface area contributed by atoms with Crippen LogP contribution >= 0.6 is 0 Å². The third-order valence-electron chi connectivity index (χ3n) is 4.40. The molecule has 0 radical (unpaired) electrons. The zero-order chi connectivity index (χ0) is 14.1. The SMILES string of the molecule is COc1ccc(C(=O)C2CC3CCCC(C2)S3=O)cn1. The van der Waals surface area contributed by atoms with Gasteiger partial charge in [0, 0.05) is 45.0 Å². The largest absolute Gasteiger partial charge is 0.481 e. The Morgan fingerprint density at radius 1 is 1.30 bits per heavy atom. The van der Waals surface area contributed by atoms with Gasteiger partial charge in [0.15, 0.2) is 5.78 Å². The van der Waals surface area contributed by atoms with E-state index in [0.717, 1.165) is 32.1 Å². The van der Waals surface area contributed by atoms with E-state index in [1.54, 1.807) is 25.4 Å². The van der Waals surface area contributed by atoms with E-state index >= 15 is 0 Å². The maximum atomic E-state index is 12.6. The number of carbonyl (C=O) groups is 1. The summed E-state index contributed by atoms with van der Waals surface area (Å²) in [6.07, 6.45) is 6.30. The van der Waals surface area contributed by atoms with Gasteiger partial charge in [-0.2, -0.15) is 0 Å². The van der Waals surface area contributed by atoms with Gasteiger partial charge >= 0.3 is 0 Å². The van der Waals surface area contributed by atoms with Crippen molar-refractivity contribution in [2.45, 2.75) is 42.6 Å². The third kappa shape index (κ3) is 2.51. The summed E-state index contributed by atoms with van der Waals surface area (Å²) in [6.45, 7) is 0. The number of ketones is 1. The second-order valence-electron chi connectivity index (χ2n) is 5.63. The fraction of sp³-hybridized carbons (Fsp3) is 0.600. The molecule has 3 heterocycles. The van der Waals surface area contributed by atoms with Gasteiger partial charge in [0.2, 0.25) is 5.88 Å². The Morgan fingerprint density at radius 3 is 2.55 bits per heavy atom. The second-order valence-corrected chi connectivity index (χ2v) is 7.62. The summed E-state index contributed by atoms with van der Waals surface area (Å²) in [7, 11) is 0.834. The highest BCUT2D eigenvalue weighted by Crippen LogP contribution is 2.38. The van der Waals surface area contributed by atoms with Crippen molar-refractivity contribution in [3.05, 3.63) is 23.9 Å². The molecule has 2 bridgehead atoms. The van der Waals surface area contributed by atoms with Gasteiger partial charge in [0.25, 0.3) is 0 Å². The molecule has 3 rings (SSSR count). The number of pyridine rings is 1. The average Bonchev–Trinajstić information content (AvgIpc) is 2.46. The highest BCUT2D eigenvalue weighted by atomic mass is 32.2. The van der Waals surface area contributed by atoms with Crippen molar-refractivity contribution >= 4 is 16.6 Å². The Kier molecular flexibility index (Phi) is 3.87. The van der Waals surface area contributed by atoms with E-state index in [0.29, 0.717) is 11.4 Å². The van der Waals surface area contributed by atoms with E-state index in [1.165, 1.54) is 0 Å². The van der Waals surface area contributed by atoms with Crippen LogP contribution in [-0.2, 0) is 10.8 Å². The van der Waals surface area contributed by atoms with Crippen molar-refractivity contribution in [2.75, 3.05) is 7.11 Å². The molecule has 0 aromatic carbocycles. The normalized spacial score (nSPS) is 32.6. The minimum absolute atomic E-state index is 0.0122. The van der Waals surface area contributed by atoms with Crippen molar-refractivity contribution in [3.63, 3.8) is 0 Å². The average molecular weight is 293 g/mol. The van der Waals surface area contributed by atoms with Crippen molar-refractivity contribution < 1.29 is 13.7 Å². The molecule has 0 N–H and O–H groups in total. The molecule has 20 heavy (non-hydrogen) atoms. The van der Waals surface area contributed by atoms with Crippen LogP contribution in [0, 0.1) is 5.92 Å². The van der Waals surface area contributed by atoms with Crippen LogP contribution in [0.4, 0.5) is 0 Å². The molecule has 2 aliphatic heterocycles. The molecular weight excluding hydrogens is 274 g/mol. The molecule has 0 aliphatic carbocycles. The molecule has 0 spiro atoms. The van der Waals surface area contributed by atoms with Gasteiger partial charge in [0.05, 0.1) is 7.11 Å². The summed E-state index contributed by atoms with van der Waals surface area (Å²) < 4.78 is 17.2. The topological polar surface area (TPSA) is 56.3 Å². The number of hydrogen-bond acceptors (Lipinski definition) is 4. The number of methoxy groups -OCH3 is 1. The first-order chi connectivity index (χ1) is 9.69. The molecule has 4 nitrogen and oxygen atoms in total. The maximum Gasteiger partial charge on any atom is 0.212 e. The minimum Gasteiger partial charge on any atom is -0.481 e. The molecule has 2 saturated heterocycles. The summed E-state index contributed by atoms with van der Waals surface area (Å²) in [6, 6.07) is 3.49. The van der Waals surface area contributed by atoms with Crippen molar-refractivity contribution in [1.82, 2.24) is 4.98 Å². The number of aromatic nitrogens is 1. The molecule has 2 fully saturated rings. The minimum atomic E-state index is -0.723. The van der Waals surface area contributed by atoms with Gasteiger partial charge in [-0.15, -0.1) is 0 Å². The van der Waals surface area contributed by atoms with Crippen molar-refractivity contribution in [2.24, 2.45) is 5.92 Å². The van der Waals surface area contributed by atoms with Gasteiger partial charge in [-0.25, -0.2) is 4.98 Å². The van der Waals surface area contributed by atoms with Crippen molar-refractivity contribution in [3.8, 4) is 5.88 Å². The van der Waals surface area contributed by atoms with E-state index in [-0.39, 0.29) is 22.2 Å². The summed E-state index contributed by atoms with van der Waals surface area (Å²) in [5.41, 5.74) is 0.640. The number of fused-ring (bicyclic) bond motifs is 2. The lowest BCUT2D eigenvalue weighted by atomic mass is 9.85. The number of nitrogens with zero attached hydrogens (tertiary/aromatic N) is 1. The van der Waals surface area contributed by atoms with E-state index < -0.39 is 10.8 Å². The molecule has 2 aliphatic rings. The number of hydrogen-bond donors (Lipinski definition) is 0. The number of carbonyl (C=O) groups excluding carboxylic acids is 1. The molecule has 1 aromatic rings. The molecule has 5 heteroatoms. The number of Topliss-reactive ketones (excluding diaryl/α,β-unsaturated/α-hetero) is 1. The molecule has 0 saturated carbocycles. The third-order valence-corrected chi connectivity index (χ3v) is 6.58. The lowest BCUT2D eigenvalue weighted by molar-refractivity contribution is 0.0895. The Morgan fingerprint density at radius 2 is 2.00 bits per heavy atom. The monoisotopic (exact) mass is 293 g/mol. The van der Waals surface area contributed by atoms with Crippen LogP contribution in [-0.4, -0.2) is 32.6 Å². The highest BCUT2D eigenvalue weighted by Gasteiger charge is 2.40. The quantitative estimate of drug-likeness (QED) is 0.803. The highest BCUT2D eigenvalue weighted by molar-refractivity contribution is 7.86. The molecular formula is C15H19NO3S. The van der Waals surface area contributed by atoms with Crippen LogP contribution in [0.3, 0.4) is 0 Å². The van der Waals surface area contributed by atoms with Gasteiger partial charge < -0.3 is 4.74 Å². The zero-order valence-electron chi connectivity index (χ0n) is 11.6. The van der Waals surface area contributed by atoms with Crippen LogP contribution in [0.25, 0.3) is 0 Å². The van der Waals surface area contributed by atoms with E-state index in [2.05, 4.69) is 4.98 Å². The van der Waals surface area contributed by atoms with Crippen LogP contribution in [0.1, 0.15) is 42.5 Å². The summed E-state index contributed by atoms with van der Waals surface area (Å²) in [5.74, 6) is 0.676. The predicted molar refractivity (Wildman–Crippen MR) is 77.4 cm³/mol. The van der Waals surface area contributed by atoms with Crippen molar-refractivity contribution in [1.29, 1.82) is 0 Å². The standard InChI is InChI=1S/C15H19NO3S/c1-19-14-6-5-10(9-16-14)15(17)11-7-12-3-2-4-13(8-11)20(12)18/h5-6,9,11-13H,2-4,7-8H2,1H3. The molecule has 0 amide bonds. The Labute approximate surface area is 121 Å². The van der Waals surface area contributed by atoms with E-state index in [4.69, 9.17) is 4.74 Å². The van der Waals surface area contributed by atoms with Crippen LogP contribution in [0.2, 0.25) is 0 Å². The van der Waals surface area contributed by atoms with E-state index in [9.17, 15) is 9.00 Å². The smallest absolute Gasteiger partial charge is 0.212 e. The van der Waals surface area contributed by atoms with Gasteiger partial charge in [-0.05, 0) is 31.7 Å². The van der Waals surface area contributed by atoms with Crippen LogP contribution < -0.4 is 4.74 Å². The maximum absolute atomic E-state index is 12.6. The van der Waals surface area contributed by atoms with Gasteiger partial charge in [-0.3, -0.25) is 9.00 Å². The summed E-state index contributed by atoms with van der Waals surface area (Å²) in [4.78, 5) is 16.7. The van der Waals surface area contributed by atoms with Crippen LogP contribution in [0.15, 0.2) is 18.3 Å². The first kappa shape index (κ1) is 13.7. The number of ether oxygens (including phenoxy) is 1. The zero-order valence-corrected chi connectivity index (χ0v) is 12.4. The van der Waals surface area contributed by atoms with E-state index in [1.807, 2.05) is 0 Å². The number of rotatable bonds is 3. The lowest BCUT2D eigenvalue weighted by Crippen LogP contribution is -2.41.